The summed E-state index contributed by atoms with van der Waals surface area (Å²) in [6.07, 6.45) is 43.8. The number of nitrogens with zero attached hydrogens (tertiary/aromatic N) is 1. The molecule has 0 aromatic heterocycles. The summed E-state index contributed by atoms with van der Waals surface area (Å²) >= 11 is 0. The molecule has 0 saturated heterocycles. The van der Waals surface area contributed by atoms with Crippen molar-refractivity contribution in [2.75, 3.05) is 47.5 Å². The predicted octanol–water partition coefficient (Wildman–Crippen LogP) is 11.0. The largest absolute Gasteiger partial charge is 0.472 e. The van der Waals surface area contributed by atoms with Gasteiger partial charge in [-0.25, -0.2) is 4.57 Å². The zero-order valence-corrected chi connectivity index (χ0v) is 37.0. The first-order chi connectivity index (χ1) is 27.4. The Morgan fingerprint density at radius 1 is 0.632 bits per heavy atom. The van der Waals surface area contributed by atoms with Gasteiger partial charge in [-0.2, -0.15) is 0 Å². The van der Waals surface area contributed by atoms with Gasteiger partial charge in [0, 0.05) is 12.8 Å². The Morgan fingerprint density at radius 3 is 1.75 bits per heavy atom. The third-order valence-electron chi connectivity index (χ3n) is 8.48. The number of likely N-dealkylation sites (N-methyl/N-ethyl adjacent to an activating group) is 1. The monoisotopic (exact) mass is 821 g/mol. The number of quaternary nitrogens is 1. The van der Waals surface area contributed by atoms with Crippen molar-refractivity contribution in [3.63, 3.8) is 0 Å². The molecule has 326 valence electrons. The zero-order valence-electron chi connectivity index (χ0n) is 36.1. The van der Waals surface area contributed by atoms with Gasteiger partial charge in [-0.3, -0.25) is 18.6 Å². The van der Waals surface area contributed by atoms with Crippen molar-refractivity contribution in [1.29, 1.82) is 0 Å². The van der Waals surface area contributed by atoms with Crippen LogP contribution in [0.15, 0.2) is 85.1 Å². The molecule has 0 saturated carbocycles. The van der Waals surface area contributed by atoms with Crippen LogP contribution in [0.25, 0.3) is 0 Å². The Balaban J connectivity index is 4.62. The first-order valence-corrected chi connectivity index (χ1v) is 22.9. The first-order valence-electron chi connectivity index (χ1n) is 21.4. The molecule has 0 radical (unpaired) electrons. The van der Waals surface area contributed by atoms with Crippen LogP contribution in [-0.2, 0) is 32.7 Å². The van der Waals surface area contributed by atoms with Crippen LogP contribution in [0, 0.1) is 0 Å². The maximum absolute atomic E-state index is 12.7. The number of aliphatic hydroxyl groups excluding tert-OH is 1. The van der Waals surface area contributed by atoms with Gasteiger partial charge in [0.2, 0.25) is 0 Å². The summed E-state index contributed by atoms with van der Waals surface area (Å²) in [6, 6.07) is 0. The topological polar surface area (TPSA) is 129 Å². The summed E-state index contributed by atoms with van der Waals surface area (Å²) in [6.45, 7) is 4.13. The van der Waals surface area contributed by atoms with Crippen molar-refractivity contribution in [2.24, 2.45) is 0 Å². The highest BCUT2D eigenvalue weighted by Gasteiger charge is 2.27. The van der Waals surface area contributed by atoms with E-state index in [1.807, 2.05) is 57.6 Å². The summed E-state index contributed by atoms with van der Waals surface area (Å²) < 4.78 is 34.1. The number of allylic oxidation sites excluding steroid dienone is 12. The molecule has 57 heavy (non-hydrogen) atoms. The van der Waals surface area contributed by atoms with E-state index in [0.717, 1.165) is 44.9 Å². The lowest BCUT2D eigenvalue weighted by Crippen LogP contribution is -2.37. The normalized spacial score (nSPS) is 15.0. The summed E-state index contributed by atoms with van der Waals surface area (Å²) in [5, 5.41) is 10.0. The second kappa shape index (κ2) is 37.4. The van der Waals surface area contributed by atoms with E-state index in [1.54, 1.807) is 6.08 Å². The number of aliphatic hydroxyl groups is 1. The number of rotatable bonds is 37. The Hall–Kier alpha value is -2.85. The van der Waals surface area contributed by atoms with E-state index in [9.17, 15) is 24.2 Å². The van der Waals surface area contributed by atoms with Gasteiger partial charge in [-0.1, -0.05) is 125 Å². The number of phosphoric ester groups is 1. The Morgan fingerprint density at radius 2 is 1.16 bits per heavy atom. The molecule has 0 amide bonds. The number of ether oxygens (including phenoxy) is 2. The Labute approximate surface area is 346 Å². The lowest BCUT2D eigenvalue weighted by atomic mass is 10.1. The molecule has 0 aliphatic rings. The molecule has 0 spiro atoms. The Kier molecular flexibility index (Phi) is 35.6. The van der Waals surface area contributed by atoms with Crippen LogP contribution in [0.1, 0.15) is 136 Å². The molecule has 0 heterocycles. The van der Waals surface area contributed by atoms with Crippen LogP contribution in [0.5, 0.6) is 0 Å². The molecule has 2 N–H and O–H groups in total. The molecule has 0 aliphatic heterocycles. The predicted molar refractivity (Wildman–Crippen MR) is 235 cm³/mol. The fraction of sp³-hybridized carbons (Fsp3) is 0.652. The van der Waals surface area contributed by atoms with Gasteiger partial charge < -0.3 is 24.0 Å². The minimum atomic E-state index is -4.42. The van der Waals surface area contributed by atoms with E-state index >= 15 is 0 Å². The third-order valence-corrected chi connectivity index (χ3v) is 9.46. The lowest BCUT2D eigenvalue weighted by Gasteiger charge is -2.24. The lowest BCUT2D eigenvalue weighted by molar-refractivity contribution is -0.870. The van der Waals surface area contributed by atoms with Crippen molar-refractivity contribution in [3.05, 3.63) is 85.1 Å². The highest BCUT2D eigenvalue weighted by atomic mass is 31.2. The average Bonchev–Trinajstić information content (AvgIpc) is 3.15. The zero-order chi connectivity index (χ0) is 42.3. The van der Waals surface area contributed by atoms with Crippen LogP contribution in [0.2, 0.25) is 0 Å². The van der Waals surface area contributed by atoms with Crippen LogP contribution < -0.4 is 0 Å². The molecule has 0 aliphatic carbocycles. The van der Waals surface area contributed by atoms with Crippen LogP contribution in [0.3, 0.4) is 0 Å². The van der Waals surface area contributed by atoms with E-state index in [1.165, 1.54) is 38.5 Å². The smallest absolute Gasteiger partial charge is 0.462 e. The van der Waals surface area contributed by atoms with Crippen molar-refractivity contribution in [1.82, 2.24) is 0 Å². The third kappa shape index (κ3) is 41.1. The summed E-state index contributed by atoms with van der Waals surface area (Å²) in [4.78, 5) is 35.3. The molecule has 0 fully saturated rings. The van der Waals surface area contributed by atoms with Gasteiger partial charge in [-0.15, -0.1) is 0 Å². The van der Waals surface area contributed by atoms with Crippen LogP contribution in [-0.4, -0.2) is 86.1 Å². The number of carbonyl (C=O) groups excluding carboxylic acids is 2. The molecule has 0 rings (SSSR count). The van der Waals surface area contributed by atoms with E-state index in [4.69, 9.17) is 18.5 Å². The SMILES string of the molecule is CCCCC/C=C\C/C=C\C/C=C\CCCCC(=O)O[C@H](COC(=O)CCC/C=C\C/C=C\C=C\[C@H](O)C/C=C\CCCCC)COP(=O)(O)OCC[N+](C)(C)C. The fourth-order valence-corrected chi connectivity index (χ4v) is 5.78. The van der Waals surface area contributed by atoms with E-state index < -0.39 is 38.6 Å². The van der Waals surface area contributed by atoms with Crippen molar-refractivity contribution >= 4 is 19.8 Å². The fourth-order valence-electron chi connectivity index (χ4n) is 5.04. The number of carbonyl (C=O) groups is 2. The molecular weight excluding hydrogens is 741 g/mol. The minimum absolute atomic E-state index is 0.00126. The van der Waals surface area contributed by atoms with Gasteiger partial charge in [0.05, 0.1) is 33.9 Å². The molecular formula is C46H79NO9P+. The van der Waals surface area contributed by atoms with Gasteiger partial charge in [0.25, 0.3) is 0 Å². The van der Waals surface area contributed by atoms with Crippen molar-refractivity contribution in [3.8, 4) is 0 Å². The highest BCUT2D eigenvalue weighted by Crippen LogP contribution is 2.43. The number of unbranched alkanes of at least 4 members (excludes halogenated alkanes) is 9. The molecule has 3 atom stereocenters. The van der Waals surface area contributed by atoms with Crippen LogP contribution >= 0.6 is 7.82 Å². The van der Waals surface area contributed by atoms with E-state index in [2.05, 4.69) is 56.4 Å². The van der Waals surface area contributed by atoms with Crippen molar-refractivity contribution < 1.29 is 47.2 Å². The minimum Gasteiger partial charge on any atom is -0.462 e. The van der Waals surface area contributed by atoms with Crippen LogP contribution in [0.4, 0.5) is 0 Å². The number of phosphoric acid groups is 1. The molecule has 1 unspecified atom stereocenters. The van der Waals surface area contributed by atoms with Gasteiger partial charge in [0.1, 0.15) is 19.8 Å². The summed E-state index contributed by atoms with van der Waals surface area (Å²) in [7, 11) is 1.37. The summed E-state index contributed by atoms with van der Waals surface area (Å²) in [5.74, 6) is -0.958. The second-order valence-electron chi connectivity index (χ2n) is 15.2. The molecule has 10 nitrogen and oxygen atoms in total. The molecule has 0 aromatic rings. The maximum Gasteiger partial charge on any atom is 0.472 e. The maximum atomic E-state index is 12.7. The standard InChI is InChI=1S/C46H78NO9P/c1-6-8-10-12-14-15-16-17-18-19-20-21-26-30-34-38-46(50)56-44(42-55-57(51,52)54-40-39-47(3,4)5)41-53-45(49)37-33-29-25-23-22-24-28-32-36-43(48)35-31-27-13-11-9-7-2/h14-15,17-18,20-21,23-25,27-28,31-32,36,43-44,48H,6-13,16,19,22,26,29-30,33-35,37-42H2,1-5H3/p+1/b15-14-,18-17-,21-20-,25-23-,28-24-,31-27-,36-32+/t43-,44-/m1/s1. The highest BCUT2D eigenvalue weighted by molar-refractivity contribution is 7.47. The van der Waals surface area contributed by atoms with Gasteiger partial charge in [0.15, 0.2) is 6.10 Å². The van der Waals surface area contributed by atoms with E-state index in [0.29, 0.717) is 36.7 Å². The van der Waals surface area contributed by atoms with Gasteiger partial charge in [-0.05, 0) is 83.5 Å². The quantitative estimate of drug-likeness (QED) is 0.0157. The summed E-state index contributed by atoms with van der Waals surface area (Å²) in [5.41, 5.74) is 0. The number of hydrogen-bond donors (Lipinski definition) is 2. The van der Waals surface area contributed by atoms with Gasteiger partial charge >= 0.3 is 19.8 Å². The first kappa shape index (κ1) is 54.2. The van der Waals surface area contributed by atoms with E-state index in [-0.39, 0.29) is 26.1 Å². The second-order valence-corrected chi connectivity index (χ2v) is 16.7. The number of esters is 2. The van der Waals surface area contributed by atoms with Crippen molar-refractivity contribution in [2.45, 2.75) is 148 Å². The molecule has 11 heteroatoms. The number of hydrogen-bond acceptors (Lipinski definition) is 8. The molecule has 0 aromatic carbocycles. The Bertz CT molecular complexity index is 1260. The average molecular weight is 821 g/mol. The molecule has 0 bridgehead atoms.